The molecule has 6 nitrogen and oxygen atoms in total. The molecular formula is C18H18N2O4S. The summed E-state index contributed by atoms with van der Waals surface area (Å²) in [5.41, 5.74) is 2.14. The lowest BCUT2D eigenvalue weighted by Crippen LogP contribution is -2.36. The van der Waals surface area contributed by atoms with Gasteiger partial charge in [-0.15, -0.1) is 0 Å². The van der Waals surface area contributed by atoms with Crippen LogP contribution in [0.5, 0.6) is 0 Å². The van der Waals surface area contributed by atoms with E-state index in [0.29, 0.717) is 18.9 Å². The van der Waals surface area contributed by atoms with E-state index in [-0.39, 0.29) is 4.90 Å². The van der Waals surface area contributed by atoms with Crippen molar-refractivity contribution in [3.05, 3.63) is 54.8 Å². The maximum Gasteiger partial charge on any atom is 0.261 e. The van der Waals surface area contributed by atoms with Gasteiger partial charge >= 0.3 is 0 Å². The average molecular weight is 358 g/mol. The fraction of sp³-hybridized carbons (Fsp3) is 0.222. The van der Waals surface area contributed by atoms with Crippen LogP contribution in [-0.4, -0.2) is 34.7 Å². The van der Waals surface area contributed by atoms with E-state index in [1.54, 1.807) is 42.7 Å². The molecule has 0 aliphatic carbocycles. The molecule has 0 radical (unpaired) electrons. The van der Waals surface area contributed by atoms with Gasteiger partial charge in [0.25, 0.3) is 10.0 Å². The lowest BCUT2D eigenvalue weighted by molar-refractivity contribution is 0.123. The Kier molecular flexibility index (Phi) is 4.10. The van der Waals surface area contributed by atoms with E-state index in [0.717, 1.165) is 29.7 Å². The van der Waals surface area contributed by atoms with Gasteiger partial charge in [-0.3, -0.25) is 4.72 Å². The molecule has 0 unspecified atom stereocenters. The van der Waals surface area contributed by atoms with Crippen molar-refractivity contribution >= 4 is 32.4 Å². The summed E-state index contributed by atoms with van der Waals surface area (Å²) in [6.07, 6.45) is 1.62. The largest absolute Gasteiger partial charge is 0.462 e. The Morgan fingerprint density at radius 2 is 1.76 bits per heavy atom. The third-order valence-electron chi connectivity index (χ3n) is 4.19. The zero-order valence-electron chi connectivity index (χ0n) is 13.5. The Bertz CT molecular complexity index is 977. The van der Waals surface area contributed by atoms with Crippen LogP contribution in [0.25, 0.3) is 11.0 Å². The van der Waals surface area contributed by atoms with Crippen LogP contribution in [0.15, 0.2) is 64.1 Å². The molecule has 0 spiro atoms. The lowest BCUT2D eigenvalue weighted by Gasteiger charge is -2.29. The maximum atomic E-state index is 12.6. The van der Waals surface area contributed by atoms with Crippen LogP contribution in [0.1, 0.15) is 0 Å². The first kappa shape index (κ1) is 16.0. The molecule has 1 aliphatic rings. The van der Waals surface area contributed by atoms with Crippen molar-refractivity contribution in [2.24, 2.45) is 0 Å². The van der Waals surface area contributed by atoms with Gasteiger partial charge < -0.3 is 14.1 Å². The summed E-state index contributed by atoms with van der Waals surface area (Å²) in [6.45, 7) is 2.76. The molecule has 130 valence electrons. The molecule has 1 aliphatic heterocycles. The van der Waals surface area contributed by atoms with E-state index >= 15 is 0 Å². The number of nitrogens with zero attached hydrogens (tertiary/aromatic N) is 1. The first-order valence-electron chi connectivity index (χ1n) is 8.05. The summed E-state index contributed by atoms with van der Waals surface area (Å²) in [5, 5.41) is 0.856. The molecule has 1 N–H and O–H groups in total. The summed E-state index contributed by atoms with van der Waals surface area (Å²) in [6, 6.07) is 13.8. The second-order valence-corrected chi connectivity index (χ2v) is 7.53. The van der Waals surface area contributed by atoms with Crippen molar-refractivity contribution < 1.29 is 17.6 Å². The standard InChI is InChI=1S/C18H18N2O4S/c21-25(22,16-4-2-1-3-5-16)19-15-12-14-6-9-24-18(14)17(13-15)20-7-10-23-11-8-20/h1-6,9,12-13,19H,7-8,10-11H2. The van der Waals surface area contributed by atoms with Crippen LogP contribution in [0, 0.1) is 0 Å². The van der Waals surface area contributed by atoms with Gasteiger partial charge in [0.15, 0.2) is 5.58 Å². The highest BCUT2D eigenvalue weighted by Crippen LogP contribution is 2.33. The lowest BCUT2D eigenvalue weighted by atomic mass is 10.2. The third-order valence-corrected chi connectivity index (χ3v) is 5.59. The number of fused-ring (bicyclic) bond motifs is 1. The highest BCUT2D eigenvalue weighted by molar-refractivity contribution is 7.92. The highest BCUT2D eigenvalue weighted by Gasteiger charge is 2.19. The molecule has 0 saturated carbocycles. The molecule has 1 fully saturated rings. The minimum atomic E-state index is -3.64. The van der Waals surface area contributed by atoms with E-state index in [2.05, 4.69) is 9.62 Å². The Morgan fingerprint density at radius 3 is 2.52 bits per heavy atom. The SMILES string of the molecule is O=S(=O)(Nc1cc(N2CCOCC2)c2occc2c1)c1ccccc1. The number of hydrogen-bond donors (Lipinski definition) is 1. The molecule has 0 atom stereocenters. The number of benzene rings is 2. The average Bonchev–Trinajstić information content (AvgIpc) is 3.11. The number of rotatable bonds is 4. The van der Waals surface area contributed by atoms with Crippen LogP contribution in [0.2, 0.25) is 0 Å². The van der Waals surface area contributed by atoms with Crippen LogP contribution in [-0.2, 0) is 14.8 Å². The number of hydrogen-bond acceptors (Lipinski definition) is 5. The molecular weight excluding hydrogens is 340 g/mol. The fourth-order valence-corrected chi connectivity index (χ4v) is 4.04. The summed E-state index contributed by atoms with van der Waals surface area (Å²) < 4.78 is 38.9. The summed E-state index contributed by atoms with van der Waals surface area (Å²) in [7, 11) is -3.64. The number of morpholine rings is 1. The zero-order chi connectivity index (χ0) is 17.3. The second-order valence-electron chi connectivity index (χ2n) is 5.85. The van der Waals surface area contributed by atoms with Crippen molar-refractivity contribution in [2.45, 2.75) is 4.90 Å². The quantitative estimate of drug-likeness (QED) is 0.776. The van der Waals surface area contributed by atoms with Gasteiger partial charge in [-0.1, -0.05) is 18.2 Å². The Morgan fingerprint density at radius 1 is 1.00 bits per heavy atom. The Labute approximate surface area is 146 Å². The minimum absolute atomic E-state index is 0.232. The van der Waals surface area contributed by atoms with E-state index < -0.39 is 10.0 Å². The topological polar surface area (TPSA) is 71.8 Å². The van der Waals surface area contributed by atoms with E-state index in [1.807, 2.05) is 12.1 Å². The molecule has 7 heteroatoms. The van der Waals surface area contributed by atoms with Gasteiger partial charge in [0.1, 0.15) is 0 Å². The molecule has 2 aromatic carbocycles. The molecule has 2 heterocycles. The highest BCUT2D eigenvalue weighted by atomic mass is 32.2. The molecule has 0 amide bonds. The van der Waals surface area contributed by atoms with Gasteiger partial charge in [-0.2, -0.15) is 0 Å². The summed E-state index contributed by atoms with van der Waals surface area (Å²) >= 11 is 0. The van der Waals surface area contributed by atoms with Crippen molar-refractivity contribution in [3.8, 4) is 0 Å². The number of ether oxygens (including phenoxy) is 1. The normalized spacial score (nSPS) is 15.4. The van der Waals surface area contributed by atoms with E-state index in [4.69, 9.17) is 9.15 Å². The molecule has 1 aromatic heterocycles. The number of anilines is 2. The van der Waals surface area contributed by atoms with Crippen molar-refractivity contribution in [3.63, 3.8) is 0 Å². The van der Waals surface area contributed by atoms with Gasteiger partial charge in [-0.05, 0) is 30.3 Å². The maximum absolute atomic E-state index is 12.6. The number of nitrogens with one attached hydrogen (secondary N) is 1. The molecule has 3 aromatic rings. The van der Waals surface area contributed by atoms with E-state index in [9.17, 15) is 8.42 Å². The van der Waals surface area contributed by atoms with Gasteiger partial charge in [-0.25, -0.2) is 8.42 Å². The Balaban J connectivity index is 1.73. The zero-order valence-corrected chi connectivity index (χ0v) is 14.3. The third kappa shape index (κ3) is 3.20. The fourth-order valence-electron chi connectivity index (χ4n) is 2.97. The predicted molar refractivity (Wildman–Crippen MR) is 96.5 cm³/mol. The van der Waals surface area contributed by atoms with Crippen LogP contribution in [0.4, 0.5) is 11.4 Å². The summed E-state index contributed by atoms with van der Waals surface area (Å²) in [4.78, 5) is 2.38. The van der Waals surface area contributed by atoms with Crippen LogP contribution < -0.4 is 9.62 Å². The second kappa shape index (κ2) is 6.42. The van der Waals surface area contributed by atoms with Gasteiger partial charge in [0.2, 0.25) is 0 Å². The van der Waals surface area contributed by atoms with Gasteiger partial charge in [0.05, 0.1) is 35.7 Å². The Hall–Kier alpha value is -2.51. The van der Waals surface area contributed by atoms with Crippen LogP contribution >= 0.6 is 0 Å². The van der Waals surface area contributed by atoms with Crippen molar-refractivity contribution in [1.82, 2.24) is 0 Å². The monoisotopic (exact) mass is 358 g/mol. The molecule has 1 saturated heterocycles. The molecule has 0 bridgehead atoms. The van der Waals surface area contributed by atoms with Crippen molar-refractivity contribution in [1.29, 1.82) is 0 Å². The first-order chi connectivity index (χ1) is 12.1. The molecule has 25 heavy (non-hydrogen) atoms. The van der Waals surface area contributed by atoms with Crippen LogP contribution in [0.3, 0.4) is 0 Å². The predicted octanol–water partition coefficient (Wildman–Crippen LogP) is 3.07. The number of furan rings is 1. The number of sulfonamides is 1. The first-order valence-corrected chi connectivity index (χ1v) is 9.54. The molecule has 4 rings (SSSR count). The van der Waals surface area contributed by atoms with Crippen molar-refractivity contribution in [2.75, 3.05) is 35.9 Å². The smallest absolute Gasteiger partial charge is 0.261 e. The minimum Gasteiger partial charge on any atom is -0.462 e. The van der Waals surface area contributed by atoms with Gasteiger partial charge in [0, 0.05) is 18.5 Å². The van der Waals surface area contributed by atoms with E-state index in [1.165, 1.54) is 0 Å². The summed E-state index contributed by atoms with van der Waals surface area (Å²) in [5.74, 6) is 0.